The van der Waals surface area contributed by atoms with Gasteiger partial charge in [-0.05, 0) is 36.8 Å². The van der Waals surface area contributed by atoms with Crippen molar-refractivity contribution in [3.8, 4) is 5.75 Å². The summed E-state index contributed by atoms with van der Waals surface area (Å²) < 4.78 is 5.77. The molecule has 176 valence electrons. The lowest BCUT2D eigenvalue weighted by Crippen LogP contribution is -2.09. The zero-order valence-corrected chi connectivity index (χ0v) is 20.6. The molecule has 0 aliphatic heterocycles. The Labute approximate surface area is 202 Å². The van der Waals surface area contributed by atoms with Gasteiger partial charge in [-0.25, -0.2) is 9.97 Å². The molecule has 1 unspecified atom stereocenters. The van der Waals surface area contributed by atoms with E-state index in [1.165, 1.54) is 28.0 Å². The summed E-state index contributed by atoms with van der Waals surface area (Å²) in [4.78, 5) is 22.3. The third-order valence-corrected chi connectivity index (χ3v) is 6.55. The largest absolute Gasteiger partial charge is 0.490 e. The van der Waals surface area contributed by atoms with Crippen LogP contribution in [0.1, 0.15) is 29.3 Å². The van der Waals surface area contributed by atoms with Gasteiger partial charge in [-0.3, -0.25) is 4.79 Å². The van der Waals surface area contributed by atoms with Gasteiger partial charge in [0.15, 0.2) is 0 Å². The van der Waals surface area contributed by atoms with Crippen LogP contribution in [0.5, 0.6) is 5.75 Å². The molecule has 0 fully saturated rings. The molecule has 1 atom stereocenters. The van der Waals surface area contributed by atoms with Crippen LogP contribution in [0.3, 0.4) is 0 Å². The molecule has 0 saturated heterocycles. The Kier molecular flexibility index (Phi) is 8.46. The number of fused-ring (bicyclic) bond motifs is 3. The second kappa shape index (κ2) is 11.3. The minimum atomic E-state index is 0.366. The zero-order chi connectivity index (χ0) is 24.0. The maximum atomic E-state index is 9.43. The molecule has 0 spiro atoms. The van der Waals surface area contributed by atoms with E-state index in [0.717, 1.165) is 35.3 Å². The summed E-state index contributed by atoms with van der Waals surface area (Å²) in [6.07, 6.45) is 6.89. The van der Waals surface area contributed by atoms with Crippen molar-refractivity contribution in [3.63, 3.8) is 0 Å². The molecule has 1 aromatic carbocycles. The molecule has 10 heteroatoms. The van der Waals surface area contributed by atoms with Gasteiger partial charge in [-0.2, -0.15) is 0 Å². The number of nitrogens with one attached hydrogen (secondary N) is 2. The Morgan fingerprint density at radius 1 is 1.39 bits per heavy atom. The highest BCUT2D eigenvalue weighted by molar-refractivity contribution is 7.19. The number of amides is 1. The highest BCUT2D eigenvalue weighted by Gasteiger charge is 2.23. The number of nitrogens with zero attached hydrogens (tertiary/aromatic N) is 3. The molecule has 3 aromatic rings. The lowest BCUT2D eigenvalue weighted by Gasteiger charge is -2.19. The van der Waals surface area contributed by atoms with Crippen molar-refractivity contribution >= 4 is 63.0 Å². The number of thiophene rings is 1. The van der Waals surface area contributed by atoms with E-state index in [1.807, 2.05) is 0 Å². The van der Waals surface area contributed by atoms with Crippen LogP contribution in [0, 0.1) is 11.3 Å². The van der Waals surface area contributed by atoms with Gasteiger partial charge in [0.2, 0.25) is 6.41 Å². The summed E-state index contributed by atoms with van der Waals surface area (Å²) >= 11 is 7.55. The smallest absolute Gasteiger partial charge is 0.209 e. The van der Waals surface area contributed by atoms with E-state index in [2.05, 4.69) is 22.2 Å². The molecule has 0 radical (unpaired) electrons. The Bertz CT molecular complexity index is 1130. The van der Waals surface area contributed by atoms with E-state index in [0.29, 0.717) is 41.1 Å². The Balaban J connectivity index is 0.000000555. The number of rotatable bonds is 7. The molecule has 33 heavy (non-hydrogen) atoms. The zero-order valence-electron chi connectivity index (χ0n) is 19.0. The molecule has 4 rings (SSSR count). The first-order chi connectivity index (χ1) is 15.9. The first-order valence-electron chi connectivity index (χ1n) is 10.6. The lowest BCUT2D eigenvalue weighted by atomic mass is 9.89. The van der Waals surface area contributed by atoms with Gasteiger partial charge in [0.1, 0.15) is 29.3 Å². The number of ether oxygens (including phenoxy) is 1. The van der Waals surface area contributed by atoms with E-state index in [9.17, 15) is 4.79 Å². The lowest BCUT2D eigenvalue weighted by molar-refractivity contribution is -0.115. The summed E-state index contributed by atoms with van der Waals surface area (Å²) in [5.74, 6) is 2.43. The molecular formula is C23H29ClN6O2S. The predicted octanol–water partition coefficient (Wildman–Crippen LogP) is 4.46. The highest BCUT2D eigenvalue weighted by atomic mass is 35.5. The average Bonchev–Trinajstić information content (AvgIpc) is 3.17. The number of nitrogens with two attached hydrogens (primary N) is 1. The van der Waals surface area contributed by atoms with Crippen LogP contribution in [0.25, 0.3) is 10.2 Å². The molecule has 0 saturated carbocycles. The summed E-state index contributed by atoms with van der Waals surface area (Å²) in [6, 6.07) is 3.53. The number of halogens is 1. The number of anilines is 3. The molecule has 1 aliphatic rings. The number of nitrogen functional groups attached to an aromatic ring is 1. The third kappa shape index (κ3) is 5.91. The van der Waals surface area contributed by atoms with Crippen LogP contribution in [0.2, 0.25) is 0 Å². The minimum Gasteiger partial charge on any atom is -0.490 e. The van der Waals surface area contributed by atoms with Crippen LogP contribution < -0.4 is 15.8 Å². The number of carbonyl (C=O) groups is 1. The van der Waals surface area contributed by atoms with Gasteiger partial charge >= 0.3 is 0 Å². The standard InChI is InChI=1S/C20H22ClN5OS.C3H7NO/c1-11-2-3-13-17(6-11)28-20-18(13)19(24-10-25-20)26-15-7-12(9-22)14(23)8-16(15)27-5-4-21;1-4(2)3-5/h7-11,22H,2-6,23H2,1H3,(H,24,25,26);3H,1-2H3. The van der Waals surface area contributed by atoms with E-state index in [-0.39, 0.29) is 0 Å². The molecule has 2 heterocycles. The first-order valence-corrected chi connectivity index (χ1v) is 12.0. The molecule has 1 aliphatic carbocycles. The predicted molar refractivity (Wildman–Crippen MR) is 137 cm³/mol. The van der Waals surface area contributed by atoms with Gasteiger partial charge in [0.25, 0.3) is 0 Å². The van der Waals surface area contributed by atoms with E-state index in [4.69, 9.17) is 27.5 Å². The summed E-state index contributed by atoms with van der Waals surface area (Å²) in [5, 5.41) is 12.1. The fourth-order valence-corrected chi connectivity index (χ4v) is 5.03. The van der Waals surface area contributed by atoms with Gasteiger partial charge in [-0.1, -0.05) is 6.92 Å². The fraction of sp³-hybridized carbons (Fsp3) is 0.391. The van der Waals surface area contributed by atoms with Crippen LogP contribution in [-0.4, -0.2) is 54.1 Å². The van der Waals surface area contributed by atoms with Crippen molar-refractivity contribution in [2.45, 2.75) is 26.2 Å². The Morgan fingerprint density at radius 2 is 2.15 bits per heavy atom. The maximum absolute atomic E-state index is 9.43. The summed E-state index contributed by atoms with van der Waals surface area (Å²) in [6.45, 7) is 2.66. The Morgan fingerprint density at radius 3 is 2.82 bits per heavy atom. The molecule has 2 aromatic heterocycles. The van der Waals surface area contributed by atoms with Crippen molar-refractivity contribution in [2.75, 3.05) is 37.6 Å². The van der Waals surface area contributed by atoms with Crippen LogP contribution >= 0.6 is 22.9 Å². The number of aromatic nitrogens is 2. The minimum absolute atomic E-state index is 0.366. The normalized spacial score (nSPS) is 14.6. The SMILES string of the molecule is CC1CCc2c(sc3ncnc(Nc4cc(C=N)c(N)cc4OCCCl)c23)C1.CN(C)C=O. The molecule has 1 amide bonds. The van der Waals surface area contributed by atoms with Crippen molar-refractivity contribution in [1.82, 2.24) is 14.9 Å². The van der Waals surface area contributed by atoms with Crippen LogP contribution in [0.15, 0.2) is 18.5 Å². The summed E-state index contributed by atoms with van der Waals surface area (Å²) in [7, 11) is 3.38. The quantitative estimate of drug-likeness (QED) is 0.195. The number of carbonyl (C=O) groups excluding carboxylic acids is 1. The number of benzene rings is 1. The number of hydrogen-bond donors (Lipinski definition) is 3. The van der Waals surface area contributed by atoms with E-state index >= 15 is 0 Å². The van der Waals surface area contributed by atoms with Crippen molar-refractivity contribution in [1.29, 1.82) is 5.41 Å². The number of aryl methyl sites for hydroxylation is 1. The second-order valence-electron chi connectivity index (χ2n) is 8.11. The molecule has 0 bridgehead atoms. The third-order valence-electron chi connectivity index (χ3n) is 5.23. The molecule has 4 N–H and O–H groups in total. The van der Waals surface area contributed by atoms with Gasteiger partial charge in [0, 0.05) is 42.5 Å². The van der Waals surface area contributed by atoms with Crippen molar-refractivity contribution < 1.29 is 9.53 Å². The number of alkyl halides is 1. The van der Waals surface area contributed by atoms with E-state index in [1.54, 1.807) is 43.9 Å². The van der Waals surface area contributed by atoms with Crippen molar-refractivity contribution in [2.24, 2.45) is 5.92 Å². The topological polar surface area (TPSA) is 117 Å². The van der Waals surface area contributed by atoms with Crippen LogP contribution in [0.4, 0.5) is 17.2 Å². The second-order valence-corrected chi connectivity index (χ2v) is 9.57. The Hall–Kier alpha value is -2.91. The van der Waals surface area contributed by atoms with Crippen LogP contribution in [-0.2, 0) is 17.6 Å². The number of hydrogen-bond acceptors (Lipinski definition) is 8. The molecular weight excluding hydrogens is 460 g/mol. The fourth-order valence-electron chi connectivity index (χ4n) is 3.60. The maximum Gasteiger partial charge on any atom is 0.209 e. The average molecular weight is 489 g/mol. The highest BCUT2D eigenvalue weighted by Crippen LogP contribution is 2.41. The summed E-state index contributed by atoms with van der Waals surface area (Å²) in [5.41, 5.74) is 9.20. The van der Waals surface area contributed by atoms with Crippen molar-refractivity contribution in [3.05, 3.63) is 34.5 Å². The van der Waals surface area contributed by atoms with Gasteiger partial charge in [0.05, 0.1) is 17.0 Å². The molecule has 8 nitrogen and oxygen atoms in total. The van der Waals surface area contributed by atoms with Gasteiger partial charge in [-0.15, -0.1) is 22.9 Å². The van der Waals surface area contributed by atoms with Gasteiger partial charge < -0.3 is 26.1 Å². The van der Waals surface area contributed by atoms with E-state index < -0.39 is 0 Å². The monoisotopic (exact) mass is 488 g/mol. The first kappa shape index (κ1) is 24.7.